The Morgan fingerprint density at radius 3 is 2.67 bits per heavy atom. The molecule has 2 aliphatic heterocycles. The second-order valence-electron chi connectivity index (χ2n) is 4.36. The van der Waals surface area contributed by atoms with Gasteiger partial charge in [-0.2, -0.15) is 0 Å². The average Bonchev–Trinajstić information content (AvgIpc) is 2.74. The predicted octanol–water partition coefficient (Wildman–Crippen LogP) is 2.87. The van der Waals surface area contributed by atoms with E-state index in [9.17, 15) is 0 Å². The van der Waals surface area contributed by atoms with Gasteiger partial charge in [-0.3, -0.25) is 4.90 Å². The summed E-state index contributed by atoms with van der Waals surface area (Å²) in [5.74, 6) is 0. The van der Waals surface area contributed by atoms with Crippen LogP contribution in [0.1, 0.15) is 17.7 Å². The molecule has 2 bridgehead atoms. The van der Waals surface area contributed by atoms with Crippen molar-refractivity contribution in [1.82, 2.24) is 4.90 Å². The summed E-state index contributed by atoms with van der Waals surface area (Å²) in [6.45, 7) is 3.32. The third-order valence-electron chi connectivity index (χ3n) is 3.13. The van der Waals surface area contributed by atoms with Crippen LogP contribution in [0.15, 0.2) is 15.9 Å². The molecule has 0 spiro atoms. The lowest BCUT2D eigenvalue weighted by atomic mass is 10.2. The first-order valence-corrected chi connectivity index (χ1v) is 7.02. The van der Waals surface area contributed by atoms with Gasteiger partial charge >= 0.3 is 0 Å². The maximum atomic E-state index is 5.82. The molecule has 2 saturated heterocycles. The smallest absolute Gasteiger partial charge is 0.0707 e. The molecular formula is C11H14BrNOS. The molecule has 3 rings (SSSR count). The minimum atomic E-state index is 0.507. The highest BCUT2D eigenvalue weighted by atomic mass is 79.9. The van der Waals surface area contributed by atoms with Gasteiger partial charge in [0.1, 0.15) is 0 Å². The summed E-state index contributed by atoms with van der Waals surface area (Å²) in [5, 5.41) is 0. The normalized spacial score (nSPS) is 31.0. The molecule has 0 aliphatic carbocycles. The van der Waals surface area contributed by atoms with Crippen LogP contribution in [0.25, 0.3) is 0 Å². The van der Waals surface area contributed by atoms with Crippen molar-refractivity contribution in [2.45, 2.75) is 31.6 Å². The molecule has 2 unspecified atom stereocenters. The zero-order valence-electron chi connectivity index (χ0n) is 8.49. The number of nitrogens with zero attached hydrogens (tertiary/aromatic N) is 1. The van der Waals surface area contributed by atoms with Gasteiger partial charge in [0.25, 0.3) is 0 Å². The Hall–Kier alpha value is 0.1000. The molecule has 2 fully saturated rings. The fourth-order valence-corrected chi connectivity index (χ4v) is 4.01. The standard InChI is InChI=1S/C11H14BrNOS/c12-11-4-3-10(15-11)7-13-5-8-1-2-9(6-13)14-8/h3-4,8-9H,1-2,5-7H2. The highest BCUT2D eigenvalue weighted by Crippen LogP contribution is 2.29. The highest BCUT2D eigenvalue weighted by Gasteiger charge is 2.33. The van der Waals surface area contributed by atoms with Crippen LogP contribution in [0.2, 0.25) is 0 Å². The van der Waals surface area contributed by atoms with Crippen LogP contribution in [0.5, 0.6) is 0 Å². The van der Waals surface area contributed by atoms with Crippen molar-refractivity contribution in [2.75, 3.05) is 13.1 Å². The number of morpholine rings is 1. The number of thiophene rings is 1. The van der Waals surface area contributed by atoms with Crippen LogP contribution >= 0.6 is 27.3 Å². The molecule has 2 aliphatic rings. The number of rotatable bonds is 2. The molecule has 15 heavy (non-hydrogen) atoms. The van der Waals surface area contributed by atoms with Crippen LogP contribution in [0.3, 0.4) is 0 Å². The molecule has 4 heteroatoms. The van der Waals surface area contributed by atoms with E-state index in [0.717, 1.165) is 19.6 Å². The van der Waals surface area contributed by atoms with Crippen molar-refractivity contribution in [3.05, 3.63) is 20.8 Å². The zero-order chi connectivity index (χ0) is 10.3. The Labute approximate surface area is 102 Å². The largest absolute Gasteiger partial charge is 0.372 e. The summed E-state index contributed by atoms with van der Waals surface area (Å²) in [7, 11) is 0. The number of likely N-dealkylation sites (tertiary alicyclic amines) is 1. The molecule has 0 saturated carbocycles. The molecule has 3 heterocycles. The van der Waals surface area contributed by atoms with Crippen LogP contribution < -0.4 is 0 Å². The molecule has 2 atom stereocenters. The van der Waals surface area contributed by atoms with Crippen LogP contribution in [-0.2, 0) is 11.3 Å². The molecule has 1 aromatic rings. The number of ether oxygens (including phenoxy) is 1. The number of hydrogen-bond acceptors (Lipinski definition) is 3. The second-order valence-corrected chi connectivity index (χ2v) is 6.90. The van der Waals surface area contributed by atoms with Gasteiger partial charge in [-0.1, -0.05) is 0 Å². The van der Waals surface area contributed by atoms with Crippen molar-refractivity contribution in [2.24, 2.45) is 0 Å². The summed E-state index contributed by atoms with van der Waals surface area (Å²) in [6, 6.07) is 4.35. The molecule has 1 aromatic heterocycles. The van der Waals surface area contributed by atoms with E-state index in [0.29, 0.717) is 12.2 Å². The molecule has 0 N–H and O–H groups in total. The Morgan fingerprint density at radius 2 is 2.07 bits per heavy atom. The van der Waals surface area contributed by atoms with Crippen molar-refractivity contribution in [3.63, 3.8) is 0 Å². The lowest BCUT2D eigenvalue weighted by molar-refractivity contribution is -0.0407. The van der Waals surface area contributed by atoms with Gasteiger partial charge in [0.05, 0.1) is 16.0 Å². The fourth-order valence-electron chi connectivity index (χ4n) is 2.49. The minimum absolute atomic E-state index is 0.507. The summed E-state index contributed by atoms with van der Waals surface area (Å²) in [4.78, 5) is 3.98. The quantitative estimate of drug-likeness (QED) is 0.829. The van der Waals surface area contributed by atoms with Gasteiger partial charge in [0.15, 0.2) is 0 Å². The molecule has 82 valence electrons. The first kappa shape index (κ1) is 10.3. The van der Waals surface area contributed by atoms with E-state index < -0.39 is 0 Å². The first-order chi connectivity index (χ1) is 7.29. The first-order valence-electron chi connectivity index (χ1n) is 5.41. The fraction of sp³-hybridized carbons (Fsp3) is 0.636. The lowest BCUT2D eigenvalue weighted by Gasteiger charge is -2.31. The van der Waals surface area contributed by atoms with E-state index in [1.54, 1.807) is 0 Å². The van der Waals surface area contributed by atoms with Gasteiger partial charge in [0, 0.05) is 24.5 Å². The number of halogens is 1. The van der Waals surface area contributed by atoms with E-state index in [-0.39, 0.29) is 0 Å². The average molecular weight is 288 g/mol. The number of fused-ring (bicyclic) bond motifs is 2. The van der Waals surface area contributed by atoms with Gasteiger partial charge in [-0.05, 0) is 40.9 Å². The topological polar surface area (TPSA) is 12.5 Å². The summed E-state index contributed by atoms with van der Waals surface area (Å²) in [5.41, 5.74) is 0. The molecule has 0 aromatic carbocycles. The van der Waals surface area contributed by atoms with Crippen LogP contribution in [-0.4, -0.2) is 30.2 Å². The highest BCUT2D eigenvalue weighted by molar-refractivity contribution is 9.11. The van der Waals surface area contributed by atoms with Gasteiger partial charge in [0.2, 0.25) is 0 Å². The third-order valence-corrected chi connectivity index (χ3v) is 4.74. The third kappa shape index (κ3) is 2.28. The maximum absolute atomic E-state index is 5.82. The summed E-state index contributed by atoms with van der Waals surface area (Å²) >= 11 is 5.35. The summed E-state index contributed by atoms with van der Waals surface area (Å²) in [6.07, 6.45) is 3.53. The van der Waals surface area contributed by atoms with Crippen molar-refractivity contribution in [3.8, 4) is 0 Å². The molecule has 0 amide bonds. The Morgan fingerprint density at radius 1 is 1.33 bits per heavy atom. The van der Waals surface area contributed by atoms with Gasteiger partial charge in [-0.25, -0.2) is 0 Å². The van der Waals surface area contributed by atoms with Gasteiger partial charge < -0.3 is 4.74 Å². The lowest BCUT2D eigenvalue weighted by Crippen LogP contribution is -2.41. The Kier molecular flexibility index (Phi) is 2.85. The maximum Gasteiger partial charge on any atom is 0.0707 e. The monoisotopic (exact) mass is 287 g/mol. The van der Waals surface area contributed by atoms with E-state index in [1.165, 1.54) is 21.5 Å². The van der Waals surface area contributed by atoms with Crippen molar-refractivity contribution < 1.29 is 4.74 Å². The van der Waals surface area contributed by atoms with Crippen molar-refractivity contribution >= 4 is 27.3 Å². The molecule has 0 radical (unpaired) electrons. The second kappa shape index (κ2) is 4.17. The van der Waals surface area contributed by atoms with Crippen molar-refractivity contribution in [1.29, 1.82) is 0 Å². The minimum Gasteiger partial charge on any atom is -0.372 e. The predicted molar refractivity (Wildman–Crippen MR) is 65.2 cm³/mol. The molecule has 2 nitrogen and oxygen atoms in total. The van der Waals surface area contributed by atoms with Crippen LogP contribution in [0.4, 0.5) is 0 Å². The Balaban J connectivity index is 1.64. The Bertz CT molecular complexity index is 342. The van der Waals surface area contributed by atoms with E-state index in [2.05, 4.69) is 33.0 Å². The number of hydrogen-bond donors (Lipinski definition) is 0. The van der Waals surface area contributed by atoms with E-state index in [1.807, 2.05) is 11.3 Å². The van der Waals surface area contributed by atoms with E-state index >= 15 is 0 Å². The summed E-state index contributed by atoms with van der Waals surface area (Å²) < 4.78 is 7.05. The zero-order valence-corrected chi connectivity index (χ0v) is 10.9. The van der Waals surface area contributed by atoms with Crippen LogP contribution in [0, 0.1) is 0 Å². The SMILES string of the molecule is Brc1ccc(CN2CC3CCC(C2)O3)s1. The van der Waals surface area contributed by atoms with E-state index in [4.69, 9.17) is 4.74 Å². The van der Waals surface area contributed by atoms with Gasteiger partial charge in [-0.15, -0.1) is 11.3 Å². The molecular weight excluding hydrogens is 274 g/mol.